The lowest BCUT2D eigenvalue weighted by Crippen LogP contribution is -2.45. The third kappa shape index (κ3) is 68.8. The van der Waals surface area contributed by atoms with Crippen molar-refractivity contribution in [2.24, 2.45) is 0 Å². The van der Waals surface area contributed by atoms with E-state index in [2.05, 4.69) is 67.8 Å². The van der Waals surface area contributed by atoms with Crippen molar-refractivity contribution < 1.29 is 24.5 Å². The van der Waals surface area contributed by atoms with E-state index in [1.54, 1.807) is 0 Å². The topological polar surface area (TPSA) is 95.9 Å². The van der Waals surface area contributed by atoms with Gasteiger partial charge >= 0.3 is 5.97 Å². The molecule has 2 atom stereocenters. The second-order valence-electron chi connectivity index (χ2n) is 25.6. The Labute approximate surface area is 518 Å². The molecule has 2 unspecified atom stereocenters. The Morgan fingerprint density at radius 2 is 0.602 bits per heavy atom. The molecule has 0 saturated carbocycles. The normalized spacial score (nSPS) is 12.8. The van der Waals surface area contributed by atoms with Crippen LogP contribution in [0.3, 0.4) is 0 Å². The van der Waals surface area contributed by atoms with Crippen molar-refractivity contribution in [1.29, 1.82) is 0 Å². The van der Waals surface area contributed by atoms with Crippen molar-refractivity contribution in [2.75, 3.05) is 13.2 Å². The Hall–Kier alpha value is -2.18. The number of amides is 1. The maximum atomic E-state index is 12.5. The summed E-state index contributed by atoms with van der Waals surface area (Å²) < 4.78 is 5.51. The van der Waals surface area contributed by atoms with E-state index < -0.39 is 12.1 Å². The van der Waals surface area contributed by atoms with Crippen LogP contribution in [0.25, 0.3) is 0 Å². The Morgan fingerprint density at radius 3 is 0.940 bits per heavy atom. The molecule has 0 aliphatic carbocycles. The first-order valence-corrected chi connectivity index (χ1v) is 37.4. The van der Waals surface area contributed by atoms with E-state index in [0.29, 0.717) is 25.9 Å². The molecule has 1 amide bonds. The fourth-order valence-electron chi connectivity index (χ4n) is 11.6. The molecule has 0 saturated heterocycles. The zero-order valence-corrected chi connectivity index (χ0v) is 55.9. The third-order valence-electron chi connectivity index (χ3n) is 17.4. The lowest BCUT2D eigenvalue weighted by Gasteiger charge is -2.22. The van der Waals surface area contributed by atoms with Gasteiger partial charge in [-0.25, -0.2) is 0 Å². The molecular weight excluding hydrogens is 1020 g/mol. The molecule has 488 valence electrons. The number of hydrogen-bond donors (Lipinski definition) is 3. The van der Waals surface area contributed by atoms with Gasteiger partial charge < -0.3 is 20.3 Å². The summed E-state index contributed by atoms with van der Waals surface area (Å²) in [7, 11) is 0. The molecule has 6 nitrogen and oxygen atoms in total. The molecule has 6 heteroatoms. The fourth-order valence-corrected chi connectivity index (χ4v) is 11.6. The van der Waals surface area contributed by atoms with Gasteiger partial charge in [-0.2, -0.15) is 0 Å². The predicted octanol–water partition coefficient (Wildman–Crippen LogP) is 24.4. The van der Waals surface area contributed by atoms with Crippen molar-refractivity contribution in [1.82, 2.24) is 5.32 Å². The summed E-state index contributed by atoms with van der Waals surface area (Å²) in [4.78, 5) is 24.6. The number of unbranched alkanes of at least 4 members (excludes halogenated alkanes) is 51. The van der Waals surface area contributed by atoms with Crippen LogP contribution in [-0.4, -0.2) is 47.4 Å². The maximum Gasteiger partial charge on any atom is 0.305 e. The highest BCUT2D eigenvalue weighted by Gasteiger charge is 2.20. The Morgan fingerprint density at radius 1 is 0.337 bits per heavy atom. The minimum atomic E-state index is -0.665. The van der Waals surface area contributed by atoms with Gasteiger partial charge in [0.05, 0.1) is 25.4 Å². The van der Waals surface area contributed by atoms with Crippen LogP contribution in [0.5, 0.6) is 0 Å². The van der Waals surface area contributed by atoms with Crippen molar-refractivity contribution in [3.8, 4) is 0 Å². The zero-order valence-electron chi connectivity index (χ0n) is 55.9. The number of nitrogens with one attached hydrogen (secondary N) is 1. The van der Waals surface area contributed by atoms with E-state index in [-0.39, 0.29) is 18.5 Å². The van der Waals surface area contributed by atoms with Crippen LogP contribution in [0.1, 0.15) is 406 Å². The van der Waals surface area contributed by atoms with Crippen LogP contribution >= 0.6 is 0 Å². The number of allylic oxidation sites excluding steroid dienone is 8. The number of hydrogen-bond acceptors (Lipinski definition) is 5. The SMILES string of the molecule is CCCCC/C=C\C/C=C\CCCCCCCCCCCC(=O)OCCCCCCCCCCC/C=C\C/C=C\CCCCCCCCCCCCCCCCCC(=O)NC(CO)C(O)CCCCCCCCCCCCCCCCCC. The van der Waals surface area contributed by atoms with Gasteiger partial charge in [0.15, 0.2) is 0 Å². The van der Waals surface area contributed by atoms with Gasteiger partial charge in [-0.15, -0.1) is 0 Å². The lowest BCUT2D eigenvalue weighted by atomic mass is 10.0. The minimum absolute atomic E-state index is 0.00974. The fraction of sp³-hybridized carbons (Fsp3) is 0.870. The highest BCUT2D eigenvalue weighted by Crippen LogP contribution is 2.19. The third-order valence-corrected chi connectivity index (χ3v) is 17.4. The first kappa shape index (κ1) is 80.8. The Balaban J connectivity index is 3.38. The zero-order chi connectivity index (χ0) is 59.9. The van der Waals surface area contributed by atoms with E-state index in [1.807, 2.05) is 0 Å². The molecule has 0 heterocycles. The highest BCUT2D eigenvalue weighted by molar-refractivity contribution is 5.76. The van der Waals surface area contributed by atoms with E-state index in [4.69, 9.17) is 4.74 Å². The summed E-state index contributed by atoms with van der Waals surface area (Å²) in [6.45, 7) is 4.96. The van der Waals surface area contributed by atoms with Crippen molar-refractivity contribution in [3.63, 3.8) is 0 Å². The Bertz CT molecular complexity index is 1390. The summed E-state index contributed by atoms with van der Waals surface area (Å²) in [5.41, 5.74) is 0. The second kappa shape index (κ2) is 72.3. The molecule has 0 aromatic carbocycles. The molecule has 3 N–H and O–H groups in total. The van der Waals surface area contributed by atoms with Gasteiger partial charge in [0.1, 0.15) is 0 Å². The van der Waals surface area contributed by atoms with Gasteiger partial charge in [-0.3, -0.25) is 9.59 Å². The molecule has 0 rings (SSSR count). The van der Waals surface area contributed by atoms with Gasteiger partial charge in [0.2, 0.25) is 5.91 Å². The van der Waals surface area contributed by atoms with Crippen LogP contribution < -0.4 is 5.32 Å². The molecule has 0 aromatic heterocycles. The smallest absolute Gasteiger partial charge is 0.305 e. The number of rotatable bonds is 70. The van der Waals surface area contributed by atoms with Crippen LogP contribution in [0.2, 0.25) is 0 Å². The lowest BCUT2D eigenvalue weighted by molar-refractivity contribution is -0.143. The quantitative estimate of drug-likeness (QED) is 0.0320. The first-order chi connectivity index (χ1) is 41.0. The number of carbonyl (C=O) groups excluding carboxylic acids is 2. The van der Waals surface area contributed by atoms with Crippen LogP contribution in [0.4, 0.5) is 0 Å². The number of aliphatic hydroxyl groups is 2. The van der Waals surface area contributed by atoms with Crippen molar-refractivity contribution in [2.45, 2.75) is 418 Å². The molecular formula is C77H145NO5. The number of aliphatic hydroxyl groups excluding tert-OH is 2. The monoisotopic (exact) mass is 1160 g/mol. The van der Waals surface area contributed by atoms with Gasteiger partial charge in [-0.05, 0) is 89.9 Å². The van der Waals surface area contributed by atoms with E-state index >= 15 is 0 Å². The van der Waals surface area contributed by atoms with E-state index in [0.717, 1.165) is 57.8 Å². The van der Waals surface area contributed by atoms with Gasteiger partial charge in [-0.1, -0.05) is 351 Å². The maximum absolute atomic E-state index is 12.5. The van der Waals surface area contributed by atoms with Crippen LogP contribution in [-0.2, 0) is 14.3 Å². The highest BCUT2D eigenvalue weighted by atomic mass is 16.5. The molecule has 83 heavy (non-hydrogen) atoms. The van der Waals surface area contributed by atoms with Gasteiger partial charge in [0.25, 0.3) is 0 Å². The largest absolute Gasteiger partial charge is 0.466 e. The van der Waals surface area contributed by atoms with Gasteiger partial charge in [0, 0.05) is 12.8 Å². The second-order valence-corrected chi connectivity index (χ2v) is 25.6. The van der Waals surface area contributed by atoms with Crippen LogP contribution in [0, 0.1) is 0 Å². The summed E-state index contributed by atoms with van der Waals surface area (Å²) in [6, 6.07) is -0.542. The molecule has 0 aliphatic rings. The average Bonchev–Trinajstić information content (AvgIpc) is 3.49. The van der Waals surface area contributed by atoms with Crippen molar-refractivity contribution >= 4 is 11.9 Å². The van der Waals surface area contributed by atoms with E-state index in [1.165, 1.54) is 315 Å². The molecule has 0 aromatic rings. The summed E-state index contributed by atoms with van der Waals surface area (Å²) >= 11 is 0. The standard InChI is InChI=1S/C77H145NO5/c1-3-5-7-9-11-13-15-17-19-21-35-39-43-47-51-55-59-63-67-71-77(82)83-72-68-64-60-56-52-48-44-40-37-34-32-30-28-26-24-22-23-25-27-29-31-33-36-38-42-46-50-54-58-62-66-70-76(81)78-74(73-79)75(80)69-65-61-57-53-49-45-41-20-18-16-14-12-10-8-6-4-2/h11,13,17,19,24,26,30,32,74-75,79-80H,3-10,12,14-16,18,20-23,25,27-29,31,33-73H2,1-2H3,(H,78,81)/b13-11-,19-17-,26-24-,32-30-. The Kier molecular flexibility index (Phi) is 70.4. The summed E-state index contributed by atoms with van der Waals surface area (Å²) in [5, 5.41) is 23.4. The molecule has 0 radical (unpaired) electrons. The van der Waals surface area contributed by atoms with Crippen molar-refractivity contribution in [3.05, 3.63) is 48.6 Å². The van der Waals surface area contributed by atoms with Crippen LogP contribution in [0.15, 0.2) is 48.6 Å². The average molecular weight is 1170 g/mol. The summed E-state index contributed by atoms with van der Waals surface area (Å²) in [5.74, 6) is -0.0218. The summed E-state index contributed by atoms with van der Waals surface area (Å²) in [6.07, 6.45) is 94.6. The molecule has 0 spiro atoms. The molecule has 0 aliphatic heterocycles. The number of carbonyl (C=O) groups is 2. The van der Waals surface area contributed by atoms with E-state index in [9.17, 15) is 19.8 Å². The number of esters is 1. The molecule has 0 fully saturated rings. The predicted molar refractivity (Wildman–Crippen MR) is 366 cm³/mol. The first-order valence-electron chi connectivity index (χ1n) is 37.4. The minimum Gasteiger partial charge on any atom is -0.466 e. The molecule has 0 bridgehead atoms. The number of ether oxygens (including phenoxy) is 1.